The third-order valence-electron chi connectivity index (χ3n) is 2.93. The highest BCUT2D eigenvalue weighted by atomic mass is 79.9. The molecule has 0 radical (unpaired) electrons. The van der Waals surface area contributed by atoms with Crippen molar-refractivity contribution in [2.24, 2.45) is 0 Å². The Hall–Kier alpha value is -1.48. The molecule has 2 aromatic rings. The van der Waals surface area contributed by atoms with Crippen molar-refractivity contribution in [2.45, 2.75) is 0 Å². The highest BCUT2D eigenvalue weighted by molar-refractivity contribution is 9.10. The predicted octanol–water partition coefficient (Wildman–Crippen LogP) is 4.06. The Kier molecular flexibility index (Phi) is 4.96. The van der Waals surface area contributed by atoms with E-state index < -0.39 is 0 Å². The van der Waals surface area contributed by atoms with Gasteiger partial charge >= 0.3 is 0 Å². The minimum absolute atomic E-state index is 0.309. The molecule has 8 heteroatoms. The summed E-state index contributed by atoms with van der Waals surface area (Å²) in [6.07, 6.45) is 1.77. The van der Waals surface area contributed by atoms with Crippen LogP contribution in [0.2, 0.25) is 0 Å². The minimum atomic E-state index is -0.383. The van der Waals surface area contributed by atoms with Gasteiger partial charge in [-0.15, -0.1) is 11.3 Å². The summed E-state index contributed by atoms with van der Waals surface area (Å²) in [4.78, 5) is 26.1. The minimum Gasteiger partial charge on any atom is -0.267 e. The van der Waals surface area contributed by atoms with Crippen molar-refractivity contribution in [2.75, 3.05) is 0 Å². The van der Waals surface area contributed by atoms with Gasteiger partial charge in [-0.3, -0.25) is 15.0 Å². The number of hydrogen-bond donors (Lipinski definition) is 1. The molecule has 3 rings (SSSR count). The molecule has 2 heterocycles. The third kappa shape index (κ3) is 3.72. The Bertz CT molecular complexity index is 801. The molecule has 1 saturated heterocycles. The molecule has 23 heavy (non-hydrogen) atoms. The average Bonchev–Trinajstić information content (AvgIpc) is 3.12. The van der Waals surface area contributed by atoms with Crippen molar-refractivity contribution in [1.29, 1.82) is 0 Å². The summed E-state index contributed by atoms with van der Waals surface area (Å²) in [6, 6.07) is 10.7. The van der Waals surface area contributed by atoms with Crippen molar-refractivity contribution in [3.63, 3.8) is 0 Å². The number of halogens is 1. The fourth-order valence-electron chi connectivity index (χ4n) is 1.83. The van der Waals surface area contributed by atoms with Crippen molar-refractivity contribution in [3.05, 3.63) is 61.6 Å². The second-order valence-corrected chi connectivity index (χ2v) is 8.05. The highest BCUT2D eigenvalue weighted by Gasteiger charge is 2.33. The van der Waals surface area contributed by atoms with E-state index in [0.717, 1.165) is 14.4 Å². The zero-order valence-corrected chi connectivity index (χ0v) is 15.5. The summed E-state index contributed by atoms with van der Waals surface area (Å²) in [5.74, 6) is -0.704. The van der Waals surface area contributed by atoms with E-state index in [0.29, 0.717) is 14.8 Å². The number of amides is 2. The molecule has 4 nitrogen and oxygen atoms in total. The van der Waals surface area contributed by atoms with Gasteiger partial charge in [0.1, 0.15) is 0 Å². The lowest BCUT2D eigenvalue weighted by Gasteiger charge is -2.15. The van der Waals surface area contributed by atoms with Crippen LogP contribution in [0.25, 0.3) is 6.08 Å². The number of benzene rings is 1. The van der Waals surface area contributed by atoms with Gasteiger partial charge in [0.15, 0.2) is 4.32 Å². The number of nitrogens with zero attached hydrogens (tertiary/aromatic N) is 1. The lowest BCUT2D eigenvalue weighted by Crippen LogP contribution is -2.44. The molecule has 0 aliphatic carbocycles. The van der Waals surface area contributed by atoms with Crippen LogP contribution in [0, 0.1) is 0 Å². The van der Waals surface area contributed by atoms with Crippen LogP contribution in [0.4, 0.5) is 0 Å². The number of thioether (sulfide) groups is 1. The zero-order valence-electron chi connectivity index (χ0n) is 11.5. The molecule has 1 N–H and O–H groups in total. The molecule has 0 saturated carbocycles. The molecule has 1 aliphatic rings. The van der Waals surface area contributed by atoms with E-state index in [1.54, 1.807) is 30.3 Å². The molecule has 2 amide bonds. The molecular weight excluding hydrogens is 416 g/mol. The van der Waals surface area contributed by atoms with Crippen molar-refractivity contribution in [3.8, 4) is 0 Å². The standard InChI is InChI=1S/C15H9BrN2O2S3/c16-10-5-3-9(4-6-10)13(19)17-18-14(20)12(23-15(18)21)8-11-2-1-7-22-11/h1-8H,(H,17,19)/b12-8+. The van der Waals surface area contributed by atoms with Crippen LogP contribution in [-0.4, -0.2) is 21.1 Å². The molecule has 1 aromatic carbocycles. The zero-order chi connectivity index (χ0) is 16.4. The Labute approximate surface area is 154 Å². The van der Waals surface area contributed by atoms with Crippen LogP contribution < -0.4 is 5.43 Å². The topological polar surface area (TPSA) is 49.4 Å². The largest absolute Gasteiger partial charge is 0.285 e. The van der Waals surface area contributed by atoms with Crippen LogP contribution in [-0.2, 0) is 4.79 Å². The van der Waals surface area contributed by atoms with Gasteiger partial charge in [0, 0.05) is 14.9 Å². The Balaban J connectivity index is 1.75. The van der Waals surface area contributed by atoms with Crippen molar-refractivity contribution in [1.82, 2.24) is 10.4 Å². The van der Waals surface area contributed by atoms with Crippen LogP contribution >= 0.6 is 51.2 Å². The number of carbonyl (C=O) groups excluding carboxylic acids is 2. The van der Waals surface area contributed by atoms with E-state index in [2.05, 4.69) is 21.4 Å². The predicted molar refractivity (Wildman–Crippen MR) is 101 cm³/mol. The van der Waals surface area contributed by atoms with Gasteiger partial charge in [0.2, 0.25) is 0 Å². The molecule has 116 valence electrons. The summed E-state index contributed by atoms with van der Waals surface area (Å²) < 4.78 is 1.18. The summed E-state index contributed by atoms with van der Waals surface area (Å²) in [5.41, 5.74) is 3.00. The second kappa shape index (κ2) is 6.96. The molecule has 0 spiro atoms. The van der Waals surface area contributed by atoms with E-state index in [9.17, 15) is 9.59 Å². The van der Waals surface area contributed by atoms with E-state index in [1.807, 2.05) is 17.5 Å². The molecule has 1 aliphatic heterocycles. The first-order chi connectivity index (χ1) is 11.0. The van der Waals surface area contributed by atoms with Crippen LogP contribution in [0.1, 0.15) is 15.2 Å². The van der Waals surface area contributed by atoms with E-state index in [4.69, 9.17) is 12.2 Å². The van der Waals surface area contributed by atoms with Gasteiger partial charge in [-0.05, 0) is 54.0 Å². The Morgan fingerprint density at radius 1 is 1.26 bits per heavy atom. The monoisotopic (exact) mass is 424 g/mol. The summed E-state index contributed by atoms with van der Waals surface area (Å²) >= 11 is 11.2. The number of thiophene rings is 1. The van der Waals surface area contributed by atoms with Gasteiger partial charge in [0.25, 0.3) is 11.8 Å². The first kappa shape index (κ1) is 16.4. The quantitative estimate of drug-likeness (QED) is 0.596. The molecular formula is C15H9BrN2O2S3. The van der Waals surface area contributed by atoms with Gasteiger partial charge in [-0.2, -0.15) is 5.01 Å². The van der Waals surface area contributed by atoms with Crippen molar-refractivity contribution < 1.29 is 9.59 Å². The Morgan fingerprint density at radius 2 is 2.00 bits per heavy atom. The van der Waals surface area contributed by atoms with Crippen LogP contribution in [0.15, 0.2) is 51.2 Å². The summed E-state index contributed by atoms with van der Waals surface area (Å²) in [7, 11) is 0. The first-order valence-corrected chi connectivity index (χ1v) is 9.32. The summed E-state index contributed by atoms with van der Waals surface area (Å²) in [6.45, 7) is 0. The lowest BCUT2D eigenvalue weighted by molar-refractivity contribution is -0.123. The van der Waals surface area contributed by atoms with E-state index in [1.165, 1.54) is 23.1 Å². The normalized spacial score (nSPS) is 16.2. The maximum Gasteiger partial charge on any atom is 0.285 e. The van der Waals surface area contributed by atoms with Gasteiger partial charge in [-0.25, -0.2) is 0 Å². The molecule has 0 bridgehead atoms. The third-order valence-corrected chi connectivity index (χ3v) is 5.58. The fourth-order valence-corrected chi connectivity index (χ4v) is 4.00. The highest BCUT2D eigenvalue weighted by Crippen LogP contribution is 2.32. The lowest BCUT2D eigenvalue weighted by atomic mass is 10.2. The number of thiocarbonyl (C=S) groups is 1. The van der Waals surface area contributed by atoms with Gasteiger partial charge < -0.3 is 0 Å². The van der Waals surface area contributed by atoms with E-state index in [-0.39, 0.29) is 11.8 Å². The maximum atomic E-state index is 12.4. The molecule has 0 unspecified atom stereocenters. The Morgan fingerprint density at radius 3 is 2.65 bits per heavy atom. The number of hydrazine groups is 1. The maximum absolute atomic E-state index is 12.4. The SMILES string of the molecule is O=C(NN1C(=O)/C(=C\c2cccs2)SC1=S)c1ccc(Br)cc1. The fraction of sp³-hybridized carbons (Fsp3) is 0. The molecule has 1 fully saturated rings. The van der Waals surface area contributed by atoms with Gasteiger partial charge in [0.05, 0.1) is 4.91 Å². The number of hydrogen-bond acceptors (Lipinski definition) is 5. The number of carbonyl (C=O) groups is 2. The molecule has 0 atom stereocenters. The number of rotatable bonds is 3. The summed E-state index contributed by atoms with van der Waals surface area (Å²) in [5, 5.41) is 3.05. The van der Waals surface area contributed by atoms with Crippen molar-refractivity contribution >= 4 is 73.5 Å². The molecule has 1 aromatic heterocycles. The number of nitrogens with one attached hydrogen (secondary N) is 1. The average molecular weight is 425 g/mol. The first-order valence-electron chi connectivity index (χ1n) is 6.42. The smallest absolute Gasteiger partial charge is 0.267 e. The van der Waals surface area contributed by atoms with E-state index >= 15 is 0 Å². The second-order valence-electron chi connectivity index (χ2n) is 4.48. The van der Waals surface area contributed by atoms with Gasteiger partial charge in [-0.1, -0.05) is 33.8 Å². The van der Waals surface area contributed by atoms with Crippen LogP contribution in [0.5, 0.6) is 0 Å². The van der Waals surface area contributed by atoms with Crippen LogP contribution in [0.3, 0.4) is 0 Å².